The molecule has 38 heteroatoms. The van der Waals surface area contributed by atoms with E-state index in [1.807, 2.05) is 66.7 Å². The SMILES string of the molecule is CC[C@@H](Nc1cc(C)c(-c2sc(C(=O)NCC(C)(C)O)nc2C(=O)N2C3CCC2CC3)cn1)C1CC1.CC[C@H](Nc1cc(C)c(-c2sc(C(=O)NCC(C)(C)O)nc2C(=O)N2C3CCC2CC3)cn1)C1CC1.Cc1cc(NC2(C)CCC2)ncc1-c1sc(C(=O)NCC(C)(C)O)nc1C(=O)N1C2CCC1CC2.Cc1cc(NC2(C)CCC2)ncc1-c1sc(C(=O)NCC(C)(C)O)nc1C(=O)N1CC(F)(F)C[C@@H]1C. The van der Waals surface area contributed by atoms with Gasteiger partial charge in [0.1, 0.15) is 46.0 Å². The Morgan fingerprint density at radius 1 is 0.399 bits per heavy atom. The topological polar surface area (TPSA) is 430 Å². The van der Waals surface area contributed by atoms with E-state index in [4.69, 9.17) is 0 Å². The molecule has 32 nitrogen and oxygen atoms in total. The molecule has 12 N–H and O–H groups in total. The first-order valence-electron chi connectivity index (χ1n) is 51.2. The lowest BCUT2D eigenvalue weighted by molar-refractivity contribution is 0.0117. The van der Waals surface area contributed by atoms with Gasteiger partial charge in [-0.05, 0) is 316 Å². The first-order valence-corrected chi connectivity index (χ1v) is 54.4. The van der Waals surface area contributed by atoms with E-state index in [1.165, 1.54) is 72.5 Å². The molecule has 772 valence electrons. The lowest BCUT2D eigenvalue weighted by atomic mass is 9.78. The second-order valence-corrected chi connectivity index (χ2v) is 48.7. The Labute approximate surface area is 852 Å². The Kier molecular flexibility index (Phi) is 31.2. The van der Waals surface area contributed by atoms with Gasteiger partial charge in [0.15, 0.2) is 20.0 Å². The van der Waals surface area contributed by atoms with Crippen LogP contribution in [-0.4, -0.2) is 254 Å². The standard InChI is InChI=1S/2C27H37N5O3S.C26H35N5O3S.C25H33F2N5O3S/c2*1-5-20(16-6-7-16)30-21-12-15(2)19(13-28-21)23-22(26(34)32-17-8-9-18(32)11-10-17)31-25(36-23)24(33)29-14-27(3,4)35;1-15-12-19(30-26(4)10-5-11-26)27-13-18(15)21-20(24(33)31-16-6-7-17(31)9-8-16)29-23(35-21)22(32)28-14-25(2,3)34;1-14-9-17(31-24(5)7-6-8-24)28-11-16(14)19-18(22(34)32-13-25(26,27)10-15(32)2)30-21(36-19)20(33)29-12-23(3,4)35/h2*12-13,16-18,20,35H,5-11,14H2,1-4H3,(H,28,30)(H,29,33);12-13,16-17,34H,5-11,14H2,1-4H3,(H,27,30)(H,28,32);9,11,15,35H,6-8,10,12-13H2,1-5H3,(H,28,31)(H,29,33)/t2*17?,18?,20-;;15-/m10.0/s1. The van der Waals surface area contributed by atoms with Crippen LogP contribution in [-0.2, 0) is 0 Å². The summed E-state index contributed by atoms with van der Waals surface area (Å²) in [5.74, 6) is -0.915. The molecule has 19 rings (SSSR count). The summed E-state index contributed by atoms with van der Waals surface area (Å²) in [5.41, 5.74) is 3.67. The average molecular weight is 2040 g/mol. The summed E-state index contributed by atoms with van der Waals surface area (Å²) in [6.07, 6.45) is 33.0. The van der Waals surface area contributed by atoms with Gasteiger partial charge in [-0.15, -0.1) is 45.3 Å². The third-order valence-corrected chi connectivity index (χ3v) is 34.1. The predicted octanol–water partition coefficient (Wildman–Crippen LogP) is 17.1. The van der Waals surface area contributed by atoms with Crippen molar-refractivity contribution in [2.24, 2.45) is 11.8 Å². The third-order valence-electron chi connectivity index (χ3n) is 29.8. The van der Waals surface area contributed by atoms with Gasteiger partial charge in [-0.3, -0.25) is 38.4 Å². The molecule has 7 saturated heterocycles. The van der Waals surface area contributed by atoms with Gasteiger partial charge in [0.25, 0.3) is 53.2 Å². The van der Waals surface area contributed by atoms with Crippen molar-refractivity contribution in [3.8, 4) is 41.8 Å². The number of fused-ring (bicyclic) bond motifs is 6. The van der Waals surface area contributed by atoms with E-state index in [0.717, 1.165) is 200 Å². The van der Waals surface area contributed by atoms with Crippen molar-refractivity contribution in [1.29, 1.82) is 0 Å². The van der Waals surface area contributed by atoms with Gasteiger partial charge in [0.05, 0.1) is 48.5 Å². The second kappa shape index (κ2) is 42.3. The van der Waals surface area contributed by atoms with Crippen LogP contribution in [0.15, 0.2) is 49.1 Å². The van der Waals surface area contributed by atoms with Crippen LogP contribution in [0.5, 0.6) is 0 Å². The molecule has 11 aliphatic rings. The number of nitrogens with one attached hydrogen (secondary N) is 8. The maximum Gasteiger partial charge on any atom is 0.280 e. The van der Waals surface area contributed by atoms with E-state index in [9.17, 15) is 67.6 Å². The lowest BCUT2D eigenvalue weighted by Crippen LogP contribution is -2.41. The van der Waals surface area contributed by atoms with E-state index in [2.05, 4.69) is 110 Å². The maximum atomic E-state index is 14.1. The number of aromatic nitrogens is 8. The number of likely N-dealkylation sites (tertiary alicyclic amines) is 1. The number of thiazole rings is 4. The van der Waals surface area contributed by atoms with Crippen LogP contribution in [0, 0.1) is 39.5 Å². The summed E-state index contributed by atoms with van der Waals surface area (Å²) >= 11 is 4.67. The number of aliphatic hydroxyl groups is 4. The summed E-state index contributed by atoms with van der Waals surface area (Å²) in [6, 6.07) is 9.76. The Hall–Kier alpha value is -10.2. The summed E-state index contributed by atoms with van der Waals surface area (Å²) < 4.78 is 28.1. The van der Waals surface area contributed by atoms with Gasteiger partial charge >= 0.3 is 0 Å². The fourth-order valence-corrected chi connectivity index (χ4v) is 25.4. The minimum Gasteiger partial charge on any atom is -0.389 e. The molecule has 0 radical (unpaired) electrons. The van der Waals surface area contributed by atoms with Gasteiger partial charge in [0, 0.05) is 145 Å². The quantitative estimate of drug-likeness (QED) is 0.0186. The Morgan fingerprint density at radius 3 is 0.853 bits per heavy atom. The molecule has 7 aliphatic heterocycles. The molecule has 4 saturated carbocycles. The summed E-state index contributed by atoms with van der Waals surface area (Å²) in [4.78, 5) is 152. The number of pyridine rings is 4. The Morgan fingerprint density at radius 2 is 0.643 bits per heavy atom. The van der Waals surface area contributed by atoms with Crippen molar-refractivity contribution in [3.63, 3.8) is 0 Å². The van der Waals surface area contributed by atoms with Crippen LogP contribution in [0.3, 0.4) is 0 Å². The number of amides is 8. The number of rotatable bonds is 32. The molecular weight excluding hydrogens is 1900 g/mol. The maximum absolute atomic E-state index is 14.1. The molecule has 8 aromatic rings. The van der Waals surface area contributed by atoms with Crippen LogP contribution in [0.25, 0.3) is 41.8 Å². The first-order chi connectivity index (χ1) is 67.5. The second-order valence-electron chi connectivity index (χ2n) is 44.7. The van der Waals surface area contributed by atoms with Crippen molar-refractivity contribution in [2.75, 3.05) is 54.0 Å². The highest BCUT2D eigenvalue weighted by atomic mass is 32.1. The number of carbonyl (C=O) groups excluding carboxylic acids is 8. The molecule has 11 fully saturated rings. The predicted molar refractivity (Wildman–Crippen MR) is 554 cm³/mol. The van der Waals surface area contributed by atoms with Crippen LogP contribution in [0.2, 0.25) is 0 Å². The number of alkyl halides is 2. The van der Waals surface area contributed by atoms with Crippen LogP contribution < -0.4 is 42.5 Å². The van der Waals surface area contributed by atoms with E-state index in [1.54, 1.807) is 87.1 Å². The third kappa shape index (κ3) is 25.0. The van der Waals surface area contributed by atoms with E-state index < -0.39 is 59.1 Å². The van der Waals surface area contributed by atoms with Gasteiger partial charge in [0.2, 0.25) is 0 Å². The monoisotopic (exact) mass is 2040 g/mol. The molecule has 8 aromatic heterocycles. The average Bonchev–Trinajstić information content (AvgIpc) is 1.60. The number of halogens is 2. The van der Waals surface area contributed by atoms with Gasteiger partial charge < -0.3 is 82.6 Å². The van der Waals surface area contributed by atoms with Crippen molar-refractivity contribution < 1.29 is 67.6 Å². The summed E-state index contributed by atoms with van der Waals surface area (Å²) in [6.45, 7) is 30.7. The van der Waals surface area contributed by atoms with Crippen molar-refractivity contribution >= 4 is 116 Å². The largest absolute Gasteiger partial charge is 0.389 e. The van der Waals surface area contributed by atoms with Crippen molar-refractivity contribution in [2.45, 2.75) is 372 Å². The molecule has 143 heavy (non-hydrogen) atoms. The smallest absolute Gasteiger partial charge is 0.280 e. The minimum absolute atomic E-state index is 0.00936. The summed E-state index contributed by atoms with van der Waals surface area (Å²) in [5, 5.41) is 65.7. The number of hydrogen-bond acceptors (Lipinski definition) is 28. The van der Waals surface area contributed by atoms with Crippen LogP contribution in [0.1, 0.15) is 354 Å². The zero-order chi connectivity index (χ0) is 103. The Bertz CT molecular complexity index is 5840. The molecular formula is C105H142F2N20O12S4. The highest BCUT2D eigenvalue weighted by molar-refractivity contribution is 7.18. The number of carbonyl (C=O) groups is 8. The normalized spacial score (nSPS) is 21.9. The zero-order valence-electron chi connectivity index (χ0n) is 85.5. The van der Waals surface area contributed by atoms with Gasteiger partial charge in [-0.25, -0.2) is 48.7 Å². The number of anilines is 4. The molecule has 3 atom stereocenters. The van der Waals surface area contributed by atoms with Crippen LogP contribution >= 0.6 is 45.3 Å². The van der Waals surface area contributed by atoms with E-state index in [0.29, 0.717) is 60.1 Å². The molecule has 0 aromatic carbocycles. The highest BCUT2D eigenvalue weighted by Crippen LogP contribution is 2.49. The number of aryl methyl sites for hydroxylation is 4. The fourth-order valence-electron chi connectivity index (χ4n) is 21.2. The molecule has 15 heterocycles. The van der Waals surface area contributed by atoms with Gasteiger partial charge in [-0.1, -0.05) is 13.8 Å². The Balaban J connectivity index is 0.000000137. The molecule has 8 amide bonds. The van der Waals surface area contributed by atoms with Gasteiger partial charge in [-0.2, -0.15) is 0 Å². The van der Waals surface area contributed by atoms with E-state index in [-0.39, 0.29) is 135 Å². The zero-order valence-corrected chi connectivity index (χ0v) is 88.8. The van der Waals surface area contributed by atoms with Crippen LogP contribution in [0.4, 0.5) is 32.1 Å². The highest BCUT2D eigenvalue weighted by Gasteiger charge is 2.50. The number of hydrogen-bond donors (Lipinski definition) is 12. The minimum atomic E-state index is -2.97. The van der Waals surface area contributed by atoms with E-state index >= 15 is 0 Å². The fraction of sp³-hybridized carbons (Fsp3) is 0.619. The molecule has 0 unspecified atom stereocenters. The summed E-state index contributed by atoms with van der Waals surface area (Å²) in [7, 11) is 0. The van der Waals surface area contributed by atoms with Crippen molar-refractivity contribution in [3.05, 3.63) is 114 Å². The first kappa shape index (κ1) is 106. The van der Waals surface area contributed by atoms with Crippen molar-refractivity contribution in [1.82, 2.24) is 80.7 Å². The lowest BCUT2D eigenvalue weighted by Gasteiger charge is -2.39. The number of nitrogens with zero attached hydrogens (tertiary/aromatic N) is 12. The molecule has 4 aliphatic carbocycles. The molecule has 6 bridgehead atoms. The molecule has 0 spiro atoms.